The molecule has 2 rings (SSSR count). The number of rotatable bonds is 3. The minimum atomic E-state index is -0.397. The molecular formula is C12H17NO2. The standard InChI is InChI=1S/C12H17NO2/c13-11-6-10(7-12(11)14)15-8-9-4-2-1-3-5-9/h1-5,10-12,14H,6-8,13H2/t10-,11-,12-/m1/s1. The second-order valence-electron chi connectivity index (χ2n) is 4.12. The smallest absolute Gasteiger partial charge is 0.0720 e. The van der Waals surface area contributed by atoms with Crippen molar-refractivity contribution in [2.75, 3.05) is 0 Å². The largest absolute Gasteiger partial charge is 0.391 e. The number of ether oxygens (including phenoxy) is 1. The number of benzene rings is 1. The maximum absolute atomic E-state index is 9.46. The third-order valence-electron chi connectivity index (χ3n) is 2.86. The van der Waals surface area contributed by atoms with E-state index in [1.54, 1.807) is 0 Å². The first-order valence-electron chi connectivity index (χ1n) is 5.35. The van der Waals surface area contributed by atoms with Gasteiger partial charge in [-0.25, -0.2) is 0 Å². The predicted octanol–water partition coefficient (Wildman–Crippen LogP) is 1.05. The van der Waals surface area contributed by atoms with E-state index in [0.29, 0.717) is 13.0 Å². The summed E-state index contributed by atoms with van der Waals surface area (Å²) in [4.78, 5) is 0. The Morgan fingerprint density at radius 3 is 2.60 bits per heavy atom. The zero-order valence-electron chi connectivity index (χ0n) is 8.67. The maximum atomic E-state index is 9.46. The van der Waals surface area contributed by atoms with Crippen LogP contribution in [0.5, 0.6) is 0 Å². The van der Waals surface area contributed by atoms with E-state index in [1.165, 1.54) is 0 Å². The van der Waals surface area contributed by atoms with Crippen molar-refractivity contribution in [3.05, 3.63) is 35.9 Å². The Morgan fingerprint density at radius 2 is 2.00 bits per heavy atom. The average molecular weight is 207 g/mol. The third kappa shape index (κ3) is 2.78. The summed E-state index contributed by atoms with van der Waals surface area (Å²) in [6.45, 7) is 0.602. The van der Waals surface area contributed by atoms with Gasteiger partial charge < -0.3 is 15.6 Å². The van der Waals surface area contributed by atoms with E-state index in [-0.39, 0.29) is 12.1 Å². The van der Waals surface area contributed by atoms with Crippen LogP contribution >= 0.6 is 0 Å². The Morgan fingerprint density at radius 1 is 1.27 bits per heavy atom. The van der Waals surface area contributed by atoms with Crippen LogP contribution in [0.25, 0.3) is 0 Å². The van der Waals surface area contributed by atoms with Crippen molar-refractivity contribution < 1.29 is 9.84 Å². The zero-order valence-corrected chi connectivity index (χ0v) is 8.67. The molecule has 0 unspecified atom stereocenters. The van der Waals surface area contributed by atoms with E-state index in [4.69, 9.17) is 10.5 Å². The second-order valence-corrected chi connectivity index (χ2v) is 4.12. The summed E-state index contributed by atoms with van der Waals surface area (Å²) < 4.78 is 5.69. The molecule has 15 heavy (non-hydrogen) atoms. The fraction of sp³-hybridized carbons (Fsp3) is 0.500. The minimum absolute atomic E-state index is 0.107. The molecule has 0 saturated heterocycles. The SMILES string of the molecule is N[C@@H]1C[C@@H](OCc2ccccc2)C[C@H]1O. The van der Waals surface area contributed by atoms with Gasteiger partial charge >= 0.3 is 0 Å². The van der Waals surface area contributed by atoms with E-state index in [0.717, 1.165) is 12.0 Å². The quantitative estimate of drug-likeness (QED) is 0.779. The molecule has 3 nitrogen and oxygen atoms in total. The van der Waals surface area contributed by atoms with Crippen molar-refractivity contribution in [3.8, 4) is 0 Å². The summed E-state index contributed by atoms with van der Waals surface area (Å²) >= 11 is 0. The fourth-order valence-electron chi connectivity index (χ4n) is 1.93. The topological polar surface area (TPSA) is 55.5 Å². The van der Waals surface area contributed by atoms with E-state index in [9.17, 15) is 5.11 Å². The monoisotopic (exact) mass is 207 g/mol. The van der Waals surface area contributed by atoms with Gasteiger partial charge in [0.05, 0.1) is 18.8 Å². The fourth-order valence-corrected chi connectivity index (χ4v) is 1.93. The van der Waals surface area contributed by atoms with Gasteiger partial charge in [-0.3, -0.25) is 0 Å². The lowest BCUT2D eigenvalue weighted by Crippen LogP contribution is -2.28. The highest BCUT2D eigenvalue weighted by molar-refractivity contribution is 5.13. The lowest BCUT2D eigenvalue weighted by Gasteiger charge is -2.10. The molecule has 0 aliphatic heterocycles. The van der Waals surface area contributed by atoms with Crippen LogP contribution < -0.4 is 5.73 Å². The summed E-state index contributed by atoms with van der Waals surface area (Å²) in [6.07, 6.45) is 1.13. The van der Waals surface area contributed by atoms with Crippen molar-refractivity contribution in [2.24, 2.45) is 5.73 Å². The molecule has 3 atom stereocenters. The van der Waals surface area contributed by atoms with Gasteiger partial charge in [-0.2, -0.15) is 0 Å². The van der Waals surface area contributed by atoms with Crippen molar-refractivity contribution >= 4 is 0 Å². The van der Waals surface area contributed by atoms with Gasteiger partial charge in [0.25, 0.3) is 0 Å². The van der Waals surface area contributed by atoms with Crippen molar-refractivity contribution in [3.63, 3.8) is 0 Å². The molecule has 1 fully saturated rings. The molecule has 1 saturated carbocycles. The van der Waals surface area contributed by atoms with Gasteiger partial charge in [0, 0.05) is 12.5 Å². The lowest BCUT2D eigenvalue weighted by molar-refractivity contribution is 0.0357. The summed E-state index contributed by atoms with van der Waals surface area (Å²) in [5.41, 5.74) is 6.87. The van der Waals surface area contributed by atoms with Gasteiger partial charge in [0.15, 0.2) is 0 Å². The summed E-state index contributed by atoms with van der Waals surface area (Å²) in [6, 6.07) is 9.92. The number of nitrogens with two attached hydrogens (primary N) is 1. The van der Waals surface area contributed by atoms with Gasteiger partial charge in [-0.1, -0.05) is 30.3 Å². The van der Waals surface area contributed by atoms with Gasteiger partial charge in [-0.05, 0) is 12.0 Å². The van der Waals surface area contributed by atoms with Gasteiger partial charge in [0.2, 0.25) is 0 Å². The Kier molecular flexibility index (Phi) is 3.36. The molecule has 1 aliphatic carbocycles. The highest BCUT2D eigenvalue weighted by atomic mass is 16.5. The normalized spacial score (nSPS) is 30.7. The van der Waals surface area contributed by atoms with Crippen LogP contribution in [0.1, 0.15) is 18.4 Å². The summed E-state index contributed by atoms with van der Waals surface area (Å²) in [5, 5.41) is 9.46. The molecule has 1 aromatic carbocycles. The van der Waals surface area contributed by atoms with E-state index < -0.39 is 6.10 Å². The van der Waals surface area contributed by atoms with Gasteiger partial charge in [0.1, 0.15) is 0 Å². The third-order valence-corrected chi connectivity index (χ3v) is 2.86. The summed E-state index contributed by atoms with van der Waals surface area (Å²) in [7, 11) is 0. The minimum Gasteiger partial charge on any atom is -0.391 e. The second kappa shape index (κ2) is 4.75. The summed E-state index contributed by atoms with van der Waals surface area (Å²) in [5.74, 6) is 0. The molecule has 82 valence electrons. The Balaban J connectivity index is 1.80. The number of aliphatic hydroxyl groups excluding tert-OH is 1. The van der Waals surface area contributed by atoms with Crippen molar-refractivity contribution in [1.82, 2.24) is 0 Å². The van der Waals surface area contributed by atoms with Crippen LogP contribution in [0.15, 0.2) is 30.3 Å². The van der Waals surface area contributed by atoms with Crippen LogP contribution in [-0.4, -0.2) is 23.4 Å². The lowest BCUT2D eigenvalue weighted by atomic mass is 10.2. The first kappa shape index (κ1) is 10.6. The predicted molar refractivity (Wildman–Crippen MR) is 58.2 cm³/mol. The Hall–Kier alpha value is -0.900. The van der Waals surface area contributed by atoms with Crippen LogP contribution in [0.4, 0.5) is 0 Å². The first-order valence-corrected chi connectivity index (χ1v) is 5.35. The highest BCUT2D eigenvalue weighted by Crippen LogP contribution is 2.22. The van der Waals surface area contributed by atoms with E-state index in [2.05, 4.69) is 0 Å². The van der Waals surface area contributed by atoms with Crippen molar-refractivity contribution in [1.29, 1.82) is 0 Å². The molecular weight excluding hydrogens is 190 g/mol. The maximum Gasteiger partial charge on any atom is 0.0720 e. The Bertz CT molecular complexity index is 292. The van der Waals surface area contributed by atoms with Crippen LogP contribution in [0.3, 0.4) is 0 Å². The van der Waals surface area contributed by atoms with Crippen LogP contribution in [0.2, 0.25) is 0 Å². The highest BCUT2D eigenvalue weighted by Gasteiger charge is 2.30. The molecule has 3 heteroatoms. The first-order chi connectivity index (χ1) is 7.25. The number of hydrogen-bond acceptors (Lipinski definition) is 3. The molecule has 3 N–H and O–H groups in total. The Labute approximate surface area is 89.9 Å². The van der Waals surface area contributed by atoms with E-state index in [1.807, 2.05) is 30.3 Å². The number of hydrogen-bond donors (Lipinski definition) is 2. The molecule has 0 bridgehead atoms. The molecule has 1 aromatic rings. The molecule has 0 radical (unpaired) electrons. The molecule has 0 amide bonds. The van der Waals surface area contributed by atoms with Crippen molar-refractivity contribution in [2.45, 2.75) is 37.7 Å². The van der Waals surface area contributed by atoms with Crippen LogP contribution in [-0.2, 0) is 11.3 Å². The van der Waals surface area contributed by atoms with Crippen LogP contribution in [0, 0.1) is 0 Å². The molecule has 0 aromatic heterocycles. The molecule has 0 spiro atoms. The molecule has 1 aliphatic rings. The molecule has 0 heterocycles. The van der Waals surface area contributed by atoms with Gasteiger partial charge in [-0.15, -0.1) is 0 Å². The van der Waals surface area contributed by atoms with E-state index >= 15 is 0 Å². The average Bonchev–Trinajstić information content (AvgIpc) is 2.57. The zero-order chi connectivity index (χ0) is 10.7. The number of aliphatic hydroxyl groups is 1.